The molecule has 4 rings (SSSR count). The predicted octanol–water partition coefficient (Wildman–Crippen LogP) is 4.88. The summed E-state index contributed by atoms with van der Waals surface area (Å²) in [7, 11) is -3.97. The molecule has 0 unspecified atom stereocenters. The number of hydrogen-bond donors (Lipinski definition) is 6. The smallest absolute Gasteiger partial charge is 0.408 e. The van der Waals surface area contributed by atoms with E-state index in [1.54, 1.807) is 90.1 Å². The zero-order chi connectivity index (χ0) is 52.4. The van der Waals surface area contributed by atoms with Gasteiger partial charge in [0.2, 0.25) is 23.6 Å². The van der Waals surface area contributed by atoms with E-state index in [2.05, 4.69) is 31.3 Å². The Morgan fingerprint density at radius 2 is 1.08 bits per heavy atom. The summed E-state index contributed by atoms with van der Waals surface area (Å²) < 4.78 is 54.4. The van der Waals surface area contributed by atoms with Crippen LogP contribution >= 0.6 is 0 Å². The lowest BCUT2D eigenvalue weighted by Gasteiger charge is -2.36. The highest BCUT2D eigenvalue weighted by atomic mass is 32.2. The third kappa shape index (κ3) is 21.0. The zero-order valence-corrected chi connectivity index (χ0v) is 43.0. The molecule has 6 N–H and O–H groups in total. The Hall–Kier alpha value is -6.12. The summed E-state index contributed by atoms with van der Waals surface area (Å²) in [6, 6.07) is 18.8. The van der Waals surface area contributed by atoms with Gasteiger partial charge in [0.05, 0.1) is 0 Å². The van der Waals surface area contributed by atoms with Gasteiger partial charge in [-0.15, -0.1) is 0 Å². The number of halogens is 1. The molecule has 4 atom stereocenters. The van der Waals surface area contributed by atoms with Crippen molar-refractivity contribution in [2.75, 3.05) is 32.7 Å². The first-order valence-electron chi connectivity index (χ1n) is 24.1. The SMILES string of the molecule is CC(C)C[C@@H](NC(=O)[C@@H](Cc1ccccc1)NC(=O)[C@@H](Cc1ccccc1)NC(=O)OC(C)(C)C)C(=O)N[C@H](CCCCNC(=O)OC(C)(C)C)C(=O)N1CCN(S(=O)(=O)NCc2ccc(F)cc2)CC1. The maximum Gasteiger partial charge on any atom is 0.408 e. The van der Waals surface area contributed by atoms with E-state index < -0.39 is 87.2 Å². The van der Waals surface area contributed by atoms with Crippen LogP contribution in [0, 0.1) is 11.7 Å². The van der Waals surface area contributed by atoms with Crippen LogP contribution in [0.2, 0.25) is 0 Å². The van der Waals surface area contributed by atoms with Gasteiger partial charge in [-0.3, -0.25) is 19.2 Å². The van der Waals surface area contributed by atoms with E-state index in [0.717, 1.165) is 5.56 Å². The highest BCUT2D eigenvalue weighted by Gasteiger charge is 2.36. The normalized spacial score (nSPS) is 15.1. The van der Waals surface area contributed by atoms with Crippen molar-refractivity contribution in [3.8, 4) is 0 Å². The second kappa shape index (κ2) is 26.9. The lowest BCUT2D eigenvalue weighted by Crippen LogP contribution is -2.60. The van der Waals surface area contributed by atoms with Gasteiger partial charge in [-0.25, -0.2) is 14.0 Å². The third-order valence-corrected chi connectivity index (χ3v) is 12.6. The molecule has 6 amide bonds. The molecule has 1 aliphatic heterocycles. The topological polar surface area (TPSA) is 234 Å². The van der Waals surface area contributed by atoms with Crippen LogP contribution in [-0.2, 0) is 58.2 Å². The highest BCUT2D eigenvalue weighted by Crippen LogP contribution is 2.16. The second-order valence-corrected chi connectivity index (χ2v) is 21.7. The van der Waals surface area contributed by atoms with Gasteiger partial charge in [0.1, 0.15) is 41.2 Å². The van der Waals surface area contributed by atoms with E-state index in [1.807, 2.05) is 26.0 Å². The van der Waals surface area contributed by atoms with Crippen LogP contribution in [0.3, 0.4) is 0 Å². The van der Waals surface area contributed by atoms with Gasteiger partial charge in [0, 0.05) is 52.1 Å². The summed E-state index contributed by atoms with van der Waals surface area (Å²) in [5.74, 6) is -3.02. The maximum absolute atomic E-state index is 14.5. The van der Waals surface area contributed by atoms with Crippen LogP contribution in [0.4, 0.5) is 14.0 Å². The molecule has 0 aromatic heterocycles. The number of nitrogens with one attached hydrogen (secondary N) is 6. The number of alkyl carbamates (subject to hydrolysis) is 2. The molecule has 1 heterocycles. The molecule has 1 aliphatic rings. The molecule has 0 radical (unpaired) electrons. The van der Waals surface area contributed by atoms with E-state index in [-0.39, 0.29) is 70.9 Å². The minimum Gasteiger partial charge on any atom is -0.444 e. The number of carbonyl (C=O) groups is 6. The van der Waals surface area contributed by atoms with Crippen LogP contribution in [-0.4, -0.2) is 122 Å². The quantitative estimate of drug-likeness (QED) is 0.0705. The molecule has 0 bridgehead atoms. The van der Waals surface area contributed by atoms with E-state index >= 15 is 0 Å². The molecule has 3 aromatic rings. The van der Waals surface area contributed by atoms with Crippen LogP contribution in [0.5, 0.6) is 0 Å². The van der Waals surface area contributed by atoms with Crippen molar-refractivity contribution in [1.82, 2.24) is 40.5 Å². The van der Waals surface area contributed by atoms with Crippen molar-refractivity contribution in [2.45, 2.75) is 136 Å². The summed E-state index contributed by atoms with van der Waals surface area (Å²) in [5, 5.41) is 13.9. The average molecular weight is 1010 g/mol. The minimum atomic E-state index is -3.97. The number of benzene rings is 3. The van der Waals surface area contributed by atoms with Crippen molar-refractivity contribution < 1.29 is 51.0 Å². The van der Waals surface area contributed by atoms with Gasteiger partial charge >= 0.3 is 12.2 Å². The average Bonchev–Trinajstić information content (AvgIpc) is 3.29. The molecule has 18 nitrogen and oxygen atoms in total. The Balaban J connectivity index is 1.53. The van der Waals surface area contributed by atoms with E-state index in [0.29, 0.717) is 24.0 Å². The molecule has 20 heteroatoms. The van der Waals surface area contributed by atoms with Gasteiger partial charge in [-0.2, -0.15) is 17.4 Å². The monoisotopic (exact) mass is 1010 g/mol. The van der Waals surface area contributed by atoms with Crippen molar-refractivity contribution in [3.05, 3.63) is 107 Å². The number of carbonyl (C=O) groups excluding carboxylic acids is 6. The van der Waals surface area contributed by atoms with Gasteiger partial charge < -0.3 is 41.0 Å². The fourth-order valence-corrected chi connectivity index (χ4v) is 8.74. The van der Waals surface area contributed by atoms with E-state index in [1.165, 1.54) is 33.5 Å². The number of nitrogens with zero attached hydrogens (tertiary/aromatic N) is 2. The first-order valence-corrected chi connectivity index (χ1v) is 25.5. The lowest BCUT2D eigenvalue weighted by molar-refractivity contribution is -0.139. The Bertz CT molecular complexity index is 2320. The number of ether oxygens (including phenoxy) is 2. The predicted molar refractivity (Wildman–Crippen MR) is 267 cm³/mol. The molecule has 0 spiro atoms. The standard InChI is InChI=1S/C51H73FN8O10S/c1-35(2)31-41(56-45(62)42(32-36-17-11-9-12-18-36)57-46(63)43(33-37-19-13-10-14-20-37)58-49(66)70-51(6,7)8)44(61)55-40(21-15-16-26-53-48(65)69-50(3,4)5)47(64)59-27-29-60(30-28-59)71(67,68)54-34-38-22-24-39(52)25-23-38/h9-14,17-20,22-25,35,40-43,54H,15-16,21,26-34H2,1-8H3,(H,53,65)(H,55,61)(H,56,62)(H,57,63)(H,58,66)/t40-,41-,42-,43-/m1/s1. The third-order valence-electron chi connectivity index (χ3n) is 11.0. The maximum atomic E-state index is 14.5. The van der Waals surface area contributed by atoms with Crippen LogP contribution in [0.1, 0.15) is 97.8 Å². The molecule has 0 aliphatic carbocycles. The van der Waals surface area contributed by atoms with Crippen LogP contribution < -0.4 is 31.3 Å². The first kappa shape index (κ1) is 57.5. The van der Waals surface area contributed by atoms with Gasteiger partial charge in [-0.05, 0) is 102 Å². The Kier molecular flexibility index (Phi) is 21.8. The number of piperazine rings is 1. The molecule has 71 heavy (non-hydrogen) atoms. The van der Waals surface area contributed by atoms with Crippen LogP contribution in [0.25, 0.3) is 0 Å². The molecule has 0 saturated carbocycles. The number of amides is 6. The fraction of sp³-hybridized carbons (Fsp3) is 0.529. The Labute approximate surface area is 418 Å². The zero-order valence-electron chi connectivity index (χ0n) is 42.2. The molecule has 390 valence electrons. The number of rotatable bonds is 23. The Morgan fingerprint density at radius 1 is 0.606 bits per heavy atom. The molecule has 3 aromatic carbocycles. The number of hydrogen-bond acceptors (Lipinski definition) is 10. The fourth-order valence-electron chi connectivity index (χ4n) is 7.56. The Morgan fingerprint density at radius 3 is 1.61 bits per heavy atom. The molecular formula is C51H73FN8O10S. The van der Waals surface area contributed by atoms with Crippen molar-refractivity contribution in [1.29, 1.82) is 0 Å². The van der Waals surface area contributed by atoms with Gasteiger partial charge in [0.15, 0.2) is 0 Å². The van der Waals surface area contributed by atoms with Crippen LogP contribution in [0.15, 0.2) is 84.9 Å². The summed E-state index contributed by atoms with van der Waals surface area (Å²) in [5.41, 5.74) is 0.457. The van der Waals surface area contributed by atoms with Crippen molar-refractivity contribution >= 4 is 46.0 Å². The summed E-state index contributed by atoms with van der Waals surface area (Å²) in [6.45, 7) is 14.2. The molecular weight excluding hydrogens is 936 g/mol. The number of unbranched alkanes of at least 4 members (excludes halogenated alkanes) is 1. The minimum absolute atomic E-state index is 0.0178. The highest BCUT2D eigenvalue weighted by molar-refractivity contribution is 7.87. The summed E-state index contributed by atoms with van der Waals surface area (Å²) >= 11 is 0. The molecule has 1 saturated heterocycles. The summed E-state index contributed by atoms with van der Waals surface area (Å²) in [4.78, 5) is 84.2. The largest absolute Gasteiger partial charge is 0.444 e. The lowest BCUT2D eigenvalue weighted by atomic mass is 9.99. The van der Waals surface area contributed by atoms with E-state index in [9.17, 15) is 41.6 Å². The van der Waals surface area contributed by atoms with E-state index in [4.69, 9.17) is 9.47 Å². The van der Waals surface area contributed by atoms with Gasteiger partial charge in [-0.1, -0.05) is 86.6 Å². The second-order valence-electron chi connectivity index (χ2n) is 20.0. The summed E-state index contributed by atoms with van der Waals surface area (Å²) in [6.07, 6.45) is -0.219. The molecule has 1 fully saturated rings. The van der Waals surface area contributed by atoms with Crippen molar-refractivity contribution in [2.24, 2.45) is 5.92 Å². The van der Waals surface area contributed by atoms with Crippen molar-refractivity contribution in [3.63, 3.8) is 0 Å². The first-order chi connectivity index (χ1) is 33.4. The van der Waals surface area contributed by atoms with Gasteiger partial charge in [0.25, 0.3) is 10.2 Å².